The molecule has 2 amide bonds. The lowest BCUT2D eigenvalue weighted by Gasteiger charge is -2.38. The van der Waals surface area contributed by atoms with E-state index in [0.717, 1.165) is 36.0 Å². The number of aryl methyl sites for hydroxylation is 1. The smallest absolute Gasteiger partial charge is 0.404 e. The van der Waals surface area contributed by atoms with Crippen molar-refractivity contribution in [2.45, 2.75) is 57.3 Å². The van der Waals surface area contributed by atoms with E-state index < -0.39 is 18.3 Å². The molecule has 2 aromatic carbocycles. The van der Waals surface area contributed by atoms with Crippen molar-refractivity contribution < 1.29 is 24.5 Å². The number of benzene rings is 2. The van der Waals surface area contributed by atoms with Crippen LogP contribution in [0, 0.1) is 11.8 Å². The van der Waals surface area contributed by atoms with Gasteiger partial charge in [-0.05, 0) is 54.9 Å². The van der Waals surface area contributed by atoms with Gasteiger partial charge in [0.25, 0.3) is 0 Å². The van der Waals surface area contributed by atoms with E-state index in [4.69, 9.17) is 27.2 Å². The van der Waals surface area contributed by atoms with Gasteiger partial charge < -0.3 is 30.9 Å². The molecule has 1 saturated carbocycles. The highest BCUT2D eigenvalue weighted by atomic mass is 35.5. The number of nitrogens with zero attached hydrogens (tertiary/aromatic N) is 1. The molecular formula is C29H38ClN3O5. The Hall–Kier alpha value is -2.65. The van der Waals surface area contributed by atoms with Crippen molar-refractivity contribution in [2.75, 3.05) is 26.2 Å². The van der Waals surface area contributed by atoms with E-state index in [1.54, 1.807) is 0 Å². The maximum absolute atomic E-state index is 13.4. The first kappa shape index (κ1) is 28.4. The standard InChI is InChI=1S/C29H38ClN3O5/c1-2-18-6-3-7-19(14-18)26-22(9-4-10-23(26)30)27(38-13-11-32-29(36)37)20-8-5-12-33(17-20)28(35)21-15-24(31)25(34)16-21/h3-4,6-7,9-10,14,20-21,24-25,27,32,34H,2,5,8,11-13,15-17,31H2,1H3,(H,36,37)/t20-,21+,24-,25+,27-/m1/s1. The molecule has 206 valence electrons. The predicted octanol–water partition coefficient (Wildman–Crippen LogP) is 4.23. The highest BCUT2D eigenvalue weighted by molar-refractivity contribution is 6.33. The van der Waals surface area contributed by atoms with E-state index in [0.29, 0.717) is 31.0 Å². The van der Waals surface area contributed by atoms with Crippen molar-refractivity contribution in [2.24, 2.45) is 17.6 Å². The Bertz CT molecular complexity index is 1120. The molecule has 1 saturated heterocycles. The van der Waals surface area contributed by atoms with E-state index in [1.165, 1.54) is 5.56 Å². The lowest BCUT2D eigenvalue weighted by Crippen LogP contribution is -2.44. The van der Waals surface area contributed by atoms with Crippen LogP contribution in [-0.2, 0) is 16.0 Å². The summed E-state index contributed by atoms with van der Waals surface area (Å²) in [5.74, 6) is -0.240. The lowest BCUT2D eigenvalue weighted by molar-refractivity contribution is -0.139. The predicted molar refractivity (Wildman–Crippen MR) is 147 cm³/mol. The van der Waals surface area contributed by atoms with Crippen LogP contribution in [0.25, 0.3) is 11.1 Å². The number of hydrogen-bond acceptors (Lipinski definition) is 5. The monoisotopic (exact) mass is 543 g/mol. The molecule has 5 N–H and O–H groups in total. The van der Waals surface area contributed by atoms with Gasteiger partial charge >= 0.3 is 6.09 Å². The first-order valence-corrected chi connectivity index (χ1v) is 13.8. The molecule has 9 heteroatoms. The highest BCUT2D eigenvalue weighted by Crippen LogP contribution is 2.42. The Labute approximate surface area is 229 Å². The van der Waals surface area contributed by atoms with Crippen molar-refractivity contribution in [1.29, 1.82) is 0 Å². The Balaban J connectivity index is 1.63. The van der Waals surface area contributed by atoms with Crippen molar-refractivity contribution in [3.8, 4) is 11.1 Å². The third kappa shape index (κ3) is 6.67. The number of aliphatic hydroxyl groups is 1. The molecule has 0 spiro atoms. The second kappa shape index (κ2) is 12.9. The van der Waals surface area contributed by atoms with Gasteiger partial charge in [0.15, 0.2) is 0 Å². The van der Waals surface area contributed by atoms with Crippen molar-refractivity contribution in [1.82, 2.24) is 10.2 Å². The average molecular weight is 544 g/mol. The van der Waals surface area contributed by atoms with E-state index in [9.17, 15) is 14.7 Å². The van der Waals surface area contributed by atoms with Gasteiger partial charge in [-0.2, -0.15) is 0 Å². The third-order valence-electron chi connectivity index (χ3n) is 7.78. The van der Waals surface area contributed by atoms with Crippen LogP contribution in [0.3, 0.4) is 0 Å². The summed E-state index contributed by atoms with van der Waals surface area (Å²) in [6, 6.07) is 13.7. The SMILES string of the molecule is CCc1cccc(-c2c(Cl)cccc2[C@H](OCCNC(=O)O)[C@@H]2CCCN(C(=O)[C@H]3C[C@@H](N)[C@@H](O)C3)C2)c1. The molecule has 1 aliphatic carbocycles. The molecule has 1 aliphatic heterocycles. The van der Waals surface area contributed by atoms with Crippen LogP contribution in [0.2, 0.25) is 5.02 Å². The zero-order valence-corrected chi connectivity index (χ0v) is 22.6. The number of ether oxygens (including phenoxy) is 1. The minimum absolute atomic E-state index is 0.0101. The number of carboxylic acid groups (broad SMARTS) is 1. The van der Waals surface area contributed by atoms with E-state index in [1.807, 2.05) is 35.2 Å². The van der Waals surface area contributed by atoms with Crippen LogP contribution < -0.4 is 11.1 Å². The average Bonchev–Trinajstić information content (AvgIpc) is 3.26. The minimum Gasteiger partial charge on any atom is -0.465 e. The van der Waals surface area contributed by atoms with Gasteiger partial charge in [0.1, 0.15) is 0 Å². The summed E-state index contributed by atoms with van der Waals surface area (Å²) in [5, 5.41) is 22.1. The molecule has 1 heterocycles. The zero-order valence-electron chi connectivity index (χ0n) is 21.8. The molecule has 2 fully saturated rings. The Kier molecular flexibility index (Phi) is 9.65. The van der Waals surface area contributed by atoms with Crippen LogP contribution >= 0.6 is 11.6 Å². The normalized spacial score (nSPS) is 24.3. The molecule has 0 radical (unpaired) electrons. The topological polar surface area (TPSA) is 125 Å². The van der Waals surface area contributed by atoms with Crippen molar-refractivity contribution in [3.05, 3.63) is 58.6 Å². The van der Waals surface area contributed by atoms with Gasteiger partial charge in [-0.15, -0.1) is 0 Å². The van der Waals surface area contributed by atoms with Crippen LogP contribution in [0.5, 0.6) is 0 Å². The fourth-order valence-corrected chi connectivity index (χ4v) is 6.11. The molecule has 4 rings (SSSR count). The Morgan fingerprint density at radius 3 is 2.74 bits per heavy atom. The summed E-state index contributed by atoms with van der Waals surface area (Å²) < 4.78 is 6.40. The second-order valence-corrected chi connectivity index (χ2v) is 10.8. The number of amides is 2. The molecular weight excluding hydrogens is 506 g/mol. The van der Waals surface area contributed by atoms with Crippen molar-refractivity contribution in [3.63, 3.8) is 0 Å². The number of carbonyl (C=O) groups is 2. The molecule has 8 nitrogen and oxygen atoms in total. The molecule has 2 aliphatic rings. The fourth-order valence-electron chi connectivity index (χ4n) is 5.82. The summed E-state index contributed by atoms with van der Waals surface area (Å²) in [4.78, 5) is 26.2. The van der Waals surface area contributed by atoms with Gasteiger partial charge in [-0.25, -0.2) is 4.79 Å². The molecule has 0 bridgehead atoms. The van der Waals surface area contributed by atoms with Gasteiger partial charge in [-0.1, -0.05) is 54.9 Å². The van der Waals surface area contributed by atoms with Crippen LogP contribution in [0.15, 0.2) is 42.5 Å². The highest BCUT2D eigenvalue weighted by Gasteiger charge is 2.39. The molecule has 2 aromatic rings. The van der Waals surface area contributed by atoms with Crippen LogP contribution in [0.4, 0.5) is 4.79 Å². The fraction of sp³-hybridized carbons (Fsp3) is 0.517. The van der Waals surface area contributed by atoms with Crippen molar-refractivity contribution >= 4 is 23.6 Å². The molecule has 0 aromatic heterocycles. The Morgan fingerprint density at radius 2 is 2.03 bits per heavy atom. The second-order valence-electron chi connectivity index (χ2n) is 10.4. The van der Waals surface area contributed by atoms with Gasteiger partial charge in [0.2, 0.25) is 5.91 Å². The van der Waals surface area contributed by atoms with Gasteiger partial charge in [-0.3, -0.25) is 4.79 Å². The number of carbonyl (C=O) groups excluding carboxylic acids is 1. The number of aliphatic hydroxyl groups excluding tert-OH is 1. The number of piperidine rings is 1. The maximum atomic E-state index is 13.4. The summed E-state index contributed by atoms with van der Waals surface area (Å²) >= 11 is 6.79. The number of nitrogens with two attached hydrogens (primary N) is 1. The molecule has 5 atom stereocenters. The summed E-state index contributed by atoms with van der Waals surface area (Å²) in [7, 11) is 0. The number of likely N-dealkylation sites (tertiary alicyclic amines) is 1. The van der Waals surface area contributed by atoms with E-state index in [-0.39, 0.29) is 36.9 Å². The Morgan fingerprint density at radius 1 is 1.24 bits per heavy atom. The van der Waals surface area contributed by atoms with Gasteiger partial charge in [0, 0.05) is 48.1 Å². The number of hydrogen-bond donors (Lipinski definition) is 4. The molecule has 38 heavy (non-hydrogen) atoms. The number of rotatable bonds is 9. The summed E-state index contributed by atoms with van der Waals surface area (Å²) in [5.41, 5.74) is 10.0. The first-order chi connectivity index (χ1) is 18.3. The number of nitrogens with one attached hydrogen (secondary N) is 1. The molecule has 0 unspecified atom stereocenters. The third-order valence-corrected chi connectivity index (χ3v) is 8.09. The first-order valence-electron chi connectivity index (χ1n) is 13.5. The summed E-state index contributed by atoms with van der Waals surface area (Å²) in [6.07, 6.45) is 1.33. The van der Waals surface area contributed by atoms with E-state index in [2.05, 4.69) is 24.4 Å². The largest absolute Gasteiger partial charge is 0.465 e. The van der Waals surface area contributed by atoms with Crippen LogP contribution in [0.1, 0.15) is 49.8 Å². The maximum Gasteiger partial charge on any atom is 0.404 e. The minimum atomic E-state index is -1.10. The quantitative estimate of drug-likeness (QED) is 0.351. The number of halogens is 1. The summed E-state index contributed by atoms with van der Waals surface area (Å²) in [6.45, 7) is 3.62. The van der Waals surface area contributed by atoms with Gasteiger partial charge in [0.05, 0.1) is 18.8 Å². The zero-order chi connectivity index (χ0) is 27.2. The lowest BCUT2D eigenvalue weighted by atomic mass is 9.84. The van der Waals surface area contributed by atoms with E-state index >= 15 is 0 Å². The van der Waals surface area contributed by atoms with Crippen LogP contribution in [-0.4, -0.2) is 65.5 Å².